The highest BCUT2D eigenvalue weighted by molar-refractivity contribution is 14.1. The van der Waals surface area contributed by atoms with E-state index in [0.717, 1.165) is 55.6 Å². The number of piperidine rings is 1. The molecule has 3 atom stereocenters. The van der Waals surface area contributed by atoms with Crippen LogP contribution in [0.1, 0.15) is 35.1 Å². The number of rotatable bonds is 5. The Morgan fingerprint density at radius 2 is 1.71 bits per heavy atom. The number of hydrogen-bond acceptors (Lipinski definition) is 4. The molecule has 0 aliphatic carbocycles. The fraction of sp³-hybridized carbons (Fsp3) is 0.194. The van der Waals surface area contributed by atoms with Gasteiger partial charge in [-0.1, -0.05) is 41.4 Å². The zero-order chi connectivity index (χ0) is 26.3. The minimum atomic E-state index is -0.467. The second-order valence-corrected chi connectivity index (χ2v) is 11.7. The van der Waals surface area contributed by atoms with Gasteiger partial charge in [-0.15, -0.1) is 0 Å². The van der Waals surface area contributed by atoms with Crippen molar-refractivity contribution in [3.8, 4) is 17.2 Å². The third-order valence-electron chi connectivity index (χ3n) is 7.50. The molecular weight excluding hydrogens is 630 g/mol. The van der Waals surface area contributed by atoms with Crippen molar-refractivity contribution >= 4 is 57.7 Å². The first-order valence-corrected chi connectivity index (χ1v) is 14.3. The Morgan fingerprint density at radius 1 is 0.921 bits per heavy atom. The van der Waals surface area contributed by atoms with Crippen LogP contribution in [0, 0.1) is 3.57 Å². The third kappa shape index (κ3) is 4.60. The molecule has 1 fully saturated rings. The van der Waals surface area contributed by atoms with E-state index in [2.05, 4.69) is 70.5 Å². The van der Waals surface area contributed by atoms with Gasteiger partial charge in [-0.3, -0.25) is 4.99 Å². The van der Waals surface area contributed by atoms with Gasteiger partial charge in [0.2, 0.25) is 0 Å². The van der Waals surface area contributed by atoms with Crippen molar-refractivity contribution in [3.05, 3.63) is 115 Å². The molecule has 6 rings (SSSR count). The Labute approximate surface area is 246 Å². The van der Waals surface area contributed by atoms with E-state index in [4.69, 9.17) is 37.7 Å². The fourth-order valence-corrected chi connectivity index (χ4v) is 6.73. The molecule has 1 saturated heterocycles. The van der Waals surface area contributed by atoms with Crippen LogP contribution in [0.3, 0.4) is 0 Å². The van der Waals surface area contributed by atoms with Crippen LogP contribution in [-0.2, 0) is 5.41 Å². The number of aliphatic imine (C=N–C) groups is 1. The number of fused-ring (bicyclic) bond motifs is 2. The van der Waals surface area contributed by atoms with E-state index in [1.807, 2.05) is 48.5 Å². The summed E-state index contributed by atoms with van der Waals surface area (Å²) in [6.07, 6.45) is 3.05. The molecule has 0 bridgehead atoms. The van der Waals surface area contributed by atoms with Crippen molar-refractivity contribution < 1.29 is 9.47 Å². The Hall–Kier alpha value is -2.58. The normalized spacial score (nSPS) is 21.9. The van der Waals surface area contributed by atoms with Crippen LogP contribution >= 0.6 is 45.8 Å². The summed E-state index contributed by atoms with van der Waals surface area (Å²) in [5.41, 5.74) is 3.86. The predicted octanol–water partition coefficient (Wildman–Crippen LogP) is 8.87. The fourth-order valence-electron chi connectivity index (χ4n) is 5.85. The number of methoxy groups -OCH3 is 1. The maximum Gasteiger partial charge on any atom is 0.132 e. The lowest BCUT2D eigenvalue weighted by Gasteiger charge is -2.47. The molecule has 2 aliphatic rings. The maximum absolute atomic E-state index is 6.50. The summed E-state index contributed by atoms with van der Waals surface area (Å²) in [6.45, 7) is 0.841. The molecule has 4 nitrogen and oxygen atoms in total. The third-order valence-corrected chi connectivity index (χ3v) is 8.64. The van der Waals surface area contributed by atoms with E-state index in [0.29, 0.717) is 5.02 Å². The summed E-state index contributed by atoms with van der Waals surface area (Å²) in [7, 11) is 1.66. The topological polar surface area (TPSA) is 42.9 Å². The molecule has 1 N–H and O–H groups in total. The molecule has 38 heavy (non-hydrogen) atoms. The molecule has 0 aromatic heterocycles. The van der Waals surface area contributed by atoms with Crippen LogP contribution in [0.25, 0.3) is 0 Å². The molecule has 7 heteroatoms. The van der Waals surface area contributed by atoms with Gasteiger partial charge in [-0.05, 0) is 113 Å². The van der Waals surface area contributed by atoms with Crippen molar-refractivity contribution in [1.29, 1.82) is 0 Å². The molecule has 0 saturated carbocycles. The average Bonchev–Trinajstić information content (AvgIpc) is 3.28. The summed E-state index contributed by atoms with van der Waals surface area (Å²) in [6, 6.07) is 28.1. The van der Waals surface area contributed by atoms with Crippen LogP contribution in [0.5, 0.6) is 17.2 Å². The molecule has 1 spiro atoms. The lowest BCUT2D eigenvalue weighted by molar-refractivity contribution is 0.265. The Balaban J connectivity index is 1.52. The highest BCUT2D eigenvalue weighted by Crippen LogP contribution is 2.57. The average molecular weight is 655 g/mol. The highest BCUT2D eigenvalue weighted by Gasteiger charge is 2.53. The Bertz CT molecular complexity index is 1530. The molecule has 0 unspecified atom stereocenters. The smallest absolute Gasteiger partial charge is 0.132 e. The minimum absolute atomic E-state index is 0.102. The molecule has 0 radical (unpaired) electrons. The molecule has 2 aliphatic heterocycles. The monoisotopic (exact) mass is 654 g/mol. The zero-order valence-corrected chi connectivity index (χ0v) is 24.3. The number of halogens is 3. The maximum atomic E-state index is 6.50. The van der Waals surface area contributed by atoms with Gasteiger partial charge in [0, 0.05) is 31.3 Å². The van der Waals surface area contributed by atoms with E-state index in [1.165, 1.54) is 5.56 Å². The minimum Gasteiger partial charge on any atom is -0.497 e. The van der Waals surface area contributed by atoms with Crippen LogP contribution in [-0.4, -0.2) is 19.9 Å². The number of nitrogens with zero attached hydrogens (tertiary/aromatic N) is 1. The quantitative estimate of drug-likeness (QED) is 0.219. The van der Waals surface area contributed by atoms with Crippen LogP contribution in [0.2, 0.25) is 10.0 Å². The number of ether oxygens (including phenoxy) is 2. The molecular formula is C31H25Cl2IN2O2. The lowest BCUT2D eigenvalue weighted by Crippen LogP contribution is -2.51. The second-order valence-electron chi connectivity index (χ2n) is 9.60. The van der Waals surface area contributed by atoms with Gasteiger partial charge in [-0.25, -0.2) is 0 Å². The lowest BCUT2D eigenvalue weighted by atomic mass is 9.60. The van der Waals surface area contributed by atoms with Crippen molar-refractivity contribution in [3.63, 3.8) is 0 Å². The first-order chi connectivity index (χ1) is 18.5. The first kappa shape index (κ1) is 25.7. The summed E-state index contributed by atoms with van der Waals surface area (Å²) < 4.78 is 13.0. The van der Waals surface area contributed by atoms with Gasteiger partial charge in [0.05, 0.1) is 24.3 Å². The Morgan fingerprint density at radius 3 is 2.50 bits per heavy atom. The molecule has 192 valence electrons. The van der Waals surface area contributed by atoms with Gasteiger partial charge in [0.15, 0.2) is 0 Å². The second kappa shape index (κ2) is 10.5. The number of nitrogens with one attached hydrogen (secondary N) is 1. The van der Waals surface area contributed by atoms with E-state index in [9.17, 15) is 0 Å². The van der Waals surface area contributed by atoms with E-state index in [1.54, 1.807) is 7.11 Å². The summed E-state index contributed by atoms with van der Waals surface area (Å²) in [5, 5.41) is 5.26. The predicted molar refractivity (Wildman–Crippen MR) is 163 cm³/mol. The first-order valence-electron chi connectivity index (χ1n) is 12.4. The standard InChI is InChI=1S/C31H25Cl2IN2O2/c1-37-23-7-9-24(10-8-23)38-29-12-6-22(34)17-25(29)30-31(18-36-28-16-21(33)5-11-27(28)31)26(13-14-35-30)19-3-2-4-20(32)15-19/h2-12,15-18,26,30,35H,13-14H2,1H3/t26-,30-,31-/m0/s1. The van der Waals surface area contributed by atoms with Gasteiger partial charge in [0.1, 0.15) is 17.2 Å². The number of hydrogen-bond donors (Lipinski definition) is 1. The number of benzene rings is 4. The van der Waals surface area contributed by atoms with Crippen LogP contribution in [0.4, 0.5) is 5.69 Å². The Kier molecular flexibility index (Phi) is 7.12. The summed E-state index contributed by atoms with van der Waals surface area (Å²) in [5.74, 6) is 2.48. The van der Waals surface area contributed by atoms with Crippen molar-refractivity contribution in [1.82, 2.24) is 5.32 Å². The summed E-state index contributed by atoms with van der Waals surface area (Å²) in [4.78, 5) is 4.93. The van der Waals surface area contributed by atoms with Crippen molar-refractivity contribution in [2.45, 2.75) is 23.8 Å². The van der Waals surface area contributed by atoms with Gasteiger partial charge in [-0.2, -0.15) is 0 Å². The zero-order valence-electron chi connectivity index (χ0n) is 20.6. The SMILES string of the molecule is COc1ccc(Oc2ccc(I)cc2[C@@H]2NCC[C@@H](c3cccc(Cl)c3)[C@]23C=Nc2cc(Cl)ccc23)cc1. The van der Waals surface area contributed by atoms with Crippen molar-refractivity contribution in [2.24, 2.45) is 4.99 Å². The summed E-state index contributed by atoms with van der Waals surface area (Å²) >= 11 is 15.3. The van der Waals surface area contributed by atoms with E-state index >= 15 is 0 Å². The highest BCUT2D eigenvalue weighted by atomic mass is 127. The van der Waals surface area contributed by atoms with Gasteiger partial charge < -0.3 is 14.8 Å². The molecule has 4 aromatic rings. The van der Waals surface area contributed by atoms with Crippen LogP contribution in [0.15, 0.2) is 89.9 Å². The molecule has 2 heterocycles. The molecule has 4 aromatic carbocycles. The van der Waals surface area contributed by atoms with E-state index in [-0.39, 0.29) is 12.0 Å². The largest absolute Gasteiger partial charge is 0.497 e. The van der Waals surface area contributed by atoms with Crippen molar-refractivity contribution in [2.75, 3.05) is 13.7 Å². The molecule has 0 amide bonds. The van der Waals surface area contributed by atoms with Gasteiger partial charge in [0.25, 0.3) is 0 Å². The van der Waals surface area contributed by atoms with Crippen LogP contribution < -0.4 is 14.8 Å². The van der Waals surface area contributed by atoms with Gasteiger partial charge >= 0.3 is 0 Å². The van der Waals surface area contributed by atoms with E-state index < -0.39 is 5.41 Å².